The van der Waals surface area contributed by atoms with Crippen LogP contribution in [0, 0.1) is 11.6 Å². The molecule has 1 aromatic carbocycles. The number of halogens is 3. The van der Waals surface area contributed by atoms with E-state index in [4.69, 9.17) is 4.74 Å². The maximum atomic E-state index is 13.6. The molecule has 3 aliphatic carbocycles. The van der Waals surface area contributed by atoms with Crippen molar-refractivity contribution in [1.29, 1.82) is 0 Å². The summed E-state index contributed by atoms with van der Waals surface area (Å²) in [5.41, 5.74) is 5.26. The third-order valence-electron chi connectivity index (χ3n) is 10.2. The number of hydrogen-bond acceptors (Lipinski definition) is 12. The number of thioether (sulfide) groups is 2. The molecule has 8 rings (SSSR count). The molecule has 5 aromatic rings. The Morgan fingerprint density at radius 1 is 0.915 bits per heavy atom. The van der Waals surface area contributed by atoms with Gasteiger partial charge in [-0.05, 0) is 142 Å². The van der Waals surface area contributed by atoms with Crippen LogP contribution in [-0.4, -0.2) is 64.3 Å². The van der Waals surface area contributed by atoms with Gasteiger partial charge in [-0.2, -0.15) is 0 Å². The zero-order valence-corrected chi connectivity index (χ0v) is 38.6. The van der Waals surface area contributed by atoms with Gasteiger partial charge in [0.1, 0.15) is 26.4 Å². The lowest BCUT2D eigenvalue weighted by Gasteiger charge is -2.21. The van der Waals surface area contributed by atoms with Crippen LogP contribution in [0.1, 0.15) is 128 Å². The standard InChI is InChI=1S/C23H23BrF2N4O3S2.C18H23N3OS2/c1-4-33-20(32)23(2,3)35-22-29-28-21(24)30(22)19-14-8-6-5-7-13(14)17(34-19)18(31)27-12-9-10-15(25)16(26)11-12;1-10(2)16-19-20-18(23-9-11(3)22)21(16)17-14-6-4-5-13(14)15(24-17)12-7-8-12/h9-11H,4-8H2,1-3H3,(H,27,31);10,12H,4-9H2,1-3H3. The molecule has 59 heavy (non-hydrogen) atoms. The summed E-state index contributed by atoms with van der Waals surface area (Å²) in [6.45, 7) is 11.5. The van der Waals surface area contributed by atoms with E-state index in [-0.39, 0.29) is 24.0 Å². The van der Waals surface area contributed by atoms with Crippen molar-refractivity contribution in [2.45, 2.75) is 126 Å². The molecule has 0 aliphatic heterocycles. The lowest BCUT2D eigenvalue weighted by molar-refractivity contribution is -0.145. The molecule has 11 nitrogen and oxygen atoms in total. The zero-order chi connectivity index (χ0) is 42.2. The number of anilines is 1. The molecule has 0 spiro atoms. The van der Waals surface area contributed by atoms with Gasteiger partial charge in [0.05, 0.1) is 17.2 Å². The number of nitrogens with zero attached hydrogens (tertiary/aromatic N) is 6. The van der Waals surface area contributed by atoms with E-state index in [1.165, 1.54) is 83.6 Å². The van der Waals surface area contributed by atoms with E-state index in [2.05, 4.69) is 60.1 Å². The van der Waals surface area contributed by atoms with E-state index in [0.29, 0.717) is 26.4 Å². The highest BCUT2D eigenvalue weighted by Gasteiger charge is 2.36. The second-order valence-electron chi connectivity index (χ2n) is 15.6. The number of fused-ring (bicyclic) bond motifs is 2. The quantitative estimate of drug-likeness (QED) is 0.0898. The van der Waals surface area contributed by atoms with E-state index < -0.39 is 22.3 Å². The Morgan fingerprint density at radius 3 is 2.25 bits per heavy atom. The summed E-state index contributed by atoms with van der Waals surface area (Å²) < 4.78 is 35.7. The molecule has 4 aromatic heterocycles. The van der Waals surface area contributed by atoms with Crippen LogP contribution in [0.5, 0.6) is 0 Å². The number of hydrogen-bond donors (Lipinski definition) is 1. The van der Waals surface area contributed by atoms with Crippen LogP contribution in [0.15, 0.2) is 33.2 Å². The van der Waals surface area contributed by atoms with Gasteiger partial charge < -0.3 is 10.1 Å². The number of Topliss-reactive ketones (excluding diaryl/α,β-unsaturated/α-hetero) is 1. The van der Waals surface area contributed by atoms with Gasteiger partial charge in [-0.3, -0.25) is 23.5 Å². The summed E-state index contributed by atoms with van der Waals surface area (Å²) in [7, 11) is 0. The monoisotopic (exact) mass is 945 g/mol. The van der Waals surface area contributed by atoms with E-state index in [0.717, 1.165) is 70.8 Å². The first-order chi connectivity index (χ1) is 28.2. The Kier molecular flexibility index (Phi) is 13.5. The van der Waals surface area contributed by atoms with Gasteiger partial charge in [-0.15, -0.1) is 43.1 Å². The van der Waals surface area contributed by atoms with Crippen LogP contribution in [0.4, 0.5) is 14.5 Å². The predicted octanol–water partition coefficient (Wildman–Crippen LogP) is 10.4. The molecule has 0 atom stereocenters. The highest BCUT2D eigenvalue weighted by Crippen LogP contribution is 2.51. The number of amides is 1. The largest absolute Gasteiger partial charge is 0.465 e. The van der Waals surface area contributed by atoms with Crippen LogP contribution in [-0.2, 0) is 40.0 Å². The topological polar surface area (TPSA) is 134 Å². The van der Waals surface area contributed by atoms with Gasteiger partial charge in [-0.25, -0.2) is 8.78 Å². The van der Waals surface area contributed by atoms with E-state index in [9.17, 15) is 23.2 Å². The van der Waals surface area contributed by atoms with Crippen LogP contribution >= 0.6 is 62.1 Å². The van der Waals surface area contributed by atoms with Crippen LogP contribution < -0.4 is 5.32 Å². The fourth-order valence-electron chi connectivity index (χ4n) is 7.24. The zero-order valence-electron chi connectivity index (χ0n) is 33.7. The second-order valence-corrected chi connectivity index (χ2v) is 20.9. The smallest absolute Gasteiger partial charge is 0.322 e. The Balaban J connectivity index is 0.000000191. The maximum Gasteiger partial charge on any atom is 0.322 e. The summed E-state index contributed by atoms with van der Waals surface area (Å²) in [6.07, 6.45) is 9.76. The number of benzene rings is 1. The lowest BCUT2D eigenvalue weighted by Crippen LogP contribution is -2.30. The molecular weight excluding hydrogens is 901 g/mol. The van der Waals surface area contributed by atoms with Crippen LogP contribution in [0.3, 0.4) is 0 Å². The molecule has 1 fully saturated rings. The van der Waals surface area contributed by atoms with E-state index in [1.54, 1.807) is 42.7 Å². The first-order valence-electron chi connectivity index (χ1n) is 19.8. The summed E-state index contributed by atoms with van der Waals surface area (Å²) in [4.78, 5) is 39.2. The van der Waals surface area contributed by atoms with Gasteiger partial charge in [0, 0.05) is 22.5 Å². The number of esters is 1. The Morgan fingerprint density at radius 2 is 1.58 bits per heavy atom. The van der Waals surface area contributed by atoms with Gasteiger partial charge in [-0.1, -0.05) is 37.4 Å². The fraction of sp³-hybridized carbons (Fsp3) is 0.488. The molecule has 4 heterocycles. The van der Waals surface area contributed by atoms with Gasteiger partial charge in [0.25, 0.3) is 5.91 Å². The van der Waals surface area contributed by atoms with Crippen molar-refractivity contribution in [3.05, 3.63) is 72.4 Å². The highest BCUT2D eigenvalue weighted by molar-refractivity contribution is 9.10. The first kappa shape index (κ1) is 43.6. The number of carbonyl (C=O) groups is 3. The molecule has 0 saturated heterocycles. The summed E-state index contributed by atoms with van der Waals surface area (Å²) >= 11 is 9.44. The predicted molar refractivity (Wildman–Crippen MR) is 233 cm³/mol. The fourth-order valence-corrected chi connectivity index (χ4v) is 12.6. The molecule has 0 unspecified atom stereocenters. The lowest BCUT2D eigenvalue weighted by atomic mass is 9.93. The minimum atomic E-state index is -1.03. The molecule has 1 N–H and O–H groups in total. The number of rotatable bonds is 13. The second kappa shape index (κ2) is 18.3. The third kappa shape index (κ3) is 9.41. The Labute approximate surface area is 367 Å². The number of aromatic nitrogens is 6. The number of ketones is 1. The minimum Gasteiger partial charge on any atom is -0.465 e. The van der Waals surface area contributed by atoms with Crippen molar-refractivity contribution in [2.24, 2.45) is 0 Å². The average Bonchev–Trinajstić information content (AvgIpc) is 3.55. The van der Waals surface area contributed by atoms with Crippen molar-refractivity contribution >= 4 is 85.5 Å². The molecule has 3 aliphatic rings. The normalized spacial score (nSPS) is 14.8. The number of thiophene rings is 2. The van der Waals surface area contributed by atoms with Crippen molar-refractivity contribution < 1.29 is 27.9 Å². The number of ether oxygens (including phenoxy) is 1. The molecule has 1 amide bonds. The molecule has 18 heteroatoms. The first-order valence-corrected chi connectivity index (χ1v) is 24.0. The van der Waals surface area contributed by atoms with Crippen LogP contribution in [0.25, 0.3) is 10.0 Å². The molecule has 0 bridgehead atoms. The van der Waals surface area contributed by atoms with Gasteiger partial charge >= 0.3 is 5.97 Å². The van der Waals surface area contributed by atoms with Crippen molar-refractivity contribution in [1.82, 2.24) is 29.5 Å². The molecule has 0 radical (unpaired) electrons. The van der Waals surface area contributed by atoms with Crippen molar-refractivity contribution in [3.63, 3.8) is 0 Å². The summed E-state index contributed by atoms with van der Waals surface area (Å²) in [5.74, 6) is -0.0148. The number of carbonyl (C=O) groups excluding carboxylic acids is 3. The Hall–Kier alpha value is -3.45. The van der Waals surface area contributed by atoms with Gasteiger partial charge in [0.15, 0.2) is 21.9 Å². The van der Waals surface area contributed by atoms with Crippen molar-refractivity contribution in [2.75, 3.05) is 17.7 Å². The molecule has 314 valence electrons. The molecule has 1 saturated carbocycles. The van der Waals surface area contributed by atoms with Gasteiger partial charge in [0.2, 0.25) is 4.73 Å². The number of nitrogens with one attached hydrogen (secondary N) is 1. The summed E-state index contributed by atoms with van der Waals surface area (Å²) in [5, 5.41) is 23.4. The SMILES string of the molecule is CC(=O)CSc1nnc(C(C)C)n1-c1sc(C2CC2)c2c1CCC2.CCOC(=O)C(C)(C)Sc1nnc(Br)n1-c1sc(C(=O)Nc2ccc(F)c(F)c2)c2c1CCCC2. The molecular formula is C41H46BrF2N7O4S4. The average molecular weight is 947 g/mol. The van der Waals surface area contributed by atoms with E-state index >= 15 is 0 Å². The maximum absolute atomic E-state index is 13.6. The minimum absolute atomic E-state index is 0.173. The summed E-state index contributed by atoms with van der Waals surface area (Å²) in [6, 6.07) is 3.25. The Bertz CT molecular complexity index is 2400. The van der Waals surface area contributed by atoms with Crippen LogP contribution in [0.2, 0.25) is 0 Å². The third-order valence-corrected chi connectivity index (χ3v) is 15.6. The highest BCUT2D eigenvalue weighted by atomic mass is 79.9. The van der Waals surface area contributed by atoms with Crippen molar-refractivity contribution in [3.8, 4) is 10.0 Å². The van der Waals surface area contributed by atoms with E-state index in [1.807, 2.05) is 11.3 Å².